The summed E-state index contributed by atoms with van der Waals surface area (Å²) in [5, 5.41) is 14.6. The third kappa shape index (κ3) is 1.37. The van der Waals surface area contributed by atoms with Crippen LogP contribution in [0, 0.1) is 0 Å². The van der Waals surface area contributed by atoms with Crippen molar-refractivity contribution in [3.05, 3.63) is 54.6 Å². The standard InChI is InChI=1S/C16H10NO.Al/c18-14-9-10-5-1-2-6-11(10)16-15(14)12-7-3-4-8-13(12)17-16;/h1-9,18H;/q-1;+1. The maximum Gasteiger partial charge on any atom is 0.318 e. The van der Waals surface area contributed by atoms with Crippen molar-refractivity contribution in [3.8, 4) is 5.75 Å². The van der Waals surface area contributed by atoms with Gasteiger partial charge in [-0.25, -0.2) is 0 Å². The van der Waals surface area contributed by atoms with Gasteiger partial charge in [0.05, 0.1) is 0 Å². The Morgan fingerprint density at radius 2 is 1.58 bits per heavy atom. The van der Waals surface area contributed by atoms with Gasteiger partial charge in [0.2, 0.25) is 0 Å². The first-order valence-corrected chi connectivity index (χ1v) is 6.68. The van der Waals surface area contributed by atoms with Gasteiger partial charge in [-0.05, 0) is 17.5 Å². The van der Waals surface area contributed by atoms with E-state index < -0.39 is 0 Å². The fourth-order valence-electron chi connectivity index (χ4n) is 2.85. The van der Waals surface area contributed by atoms with Crippen molar-refractivity contribution >= 4 is 49.1 Å². The van der Waals surface area contributed by atoms with E-state index in [1.54, 1.807) is 0 Å². The zero-order valence-corrected chi connectivity index (χ0v) is 11.3. The van der Waals surface area contributed by atoms with Crippen LogP contribution < -0.4 is 0 Å². The predicted molar refractivity (Wildman–Crippen MR) is 79.8 cm³/mol. The lowest BCUT2D eigenvalue weighted by Crippen LogP contribution is -1.90. The molecule has 0 aliphatic carbocycles. The molecule has 19 heavy (non-hydrogen) atoms. The molecule has 4 aromatic rings. The molecule has 0 fully saturated rings. The summed E-state index contributed by atoms with van der Waals surface area (Å²) < 4.78 is 2.08. The Morgan fingerprint density at radius 3 is 2.42 bits per heavy atom. The minimum absolute atomic E-state index is 0.339. The number of fused-ring (bicyclic) bond motifs is 5. The molecule has 0 bridgehead atoms. The summed E-state index contributed by atoms with van der Waals surface area (Å²) in [6.45, 7) is 0. The highest BCUT2D eigenvalue weighted by atomic mass is 27.1. The Hall–Kier alpha value is -1.95. The van der Waals surface area contributed by atoms with Crippen molar-refractivity contribution in [2.45, 2.75) is 0 Å². The smallest absolute Gasteiger partial charge is 0.318 e. The molecule has 4 rings (SSSR count). The first kappa shape index (κ1) is 10.9. The van der Waals surface area contributed by atoms with Crippen molar-refractivity contribution in [1.82, 2.24) is 3.55 Å². The Balaban J connectivity index is 2.43. The SMILES string of the molecule is Oc1cc2ccccc2c2c1c1ccccc1[n]2[Al]. The van der Waals surface area contributed by atoms with E-state index in [0.29, 0.717) is 5.75 Å². The monoisotopic (exact) mass is 259 g/mol. The molecule has 0 amide bonds. The lowest BCUT2D eigenvalue weighted by atomic mass is 10.0. The second-order valence-corrected chi connectivity index (χ2v) is 5.24. The molecule has 0 aliphatic heterocycles. The number of rotatable bonds is 0. The van der Waals surface area contributed by atoms with E-state index in [1.807, 2.05) is 42.5 Å². The van der Waals surface area contributed by atoms with Crippen LogP contribution >= 0.6 is 0 Å². The zero-order valence-electron chi connectivity index (χ0n) is 10.2. The van der Waals surface area contributed by atoms with E-state index in [2.05, 4.69) is 32.2 Å². The molecule has 0 unspecified atom stereocenters. The first-order valence-electron chi connectivity index (χ1n) is 6.16. The number of phenols is 1. The van der Waals surface area contributed by atoms with Gasteiger partial charge < -0.3 is 8.66 Å². The van der Waals surface area contributed by atoms with Crippen LogP contribution in [0.1, 0.15) is 0 Å². The van der Waals surface area contributed by atoms with Gasteiger partial charge in [0, 0.05) is 27.2 Å². The third-order valence-corrected chi connectivity index (χ3v) is 4.21. The van der Waals surface area contributed by atoms with Crippen LogP contribution in [-0.2, 0) is 0 Å². The second kappa shape index (κ2) is 3.77. The number of aromatic nitrogens is 1. The fraction of sp³-hybridized carbons (Fsp3) is 0. The minimum Gasteiger partial charge on any atom is -0.507 e. The predicted octanol–water partition coefficient (Wildman–Crippen LogP) is 3.58. The molecule has 2 nitrogen and oxygen atoms in total. The van der Waals surface area contributed by atoms with Crippen LogP contribution in [0.15, 0.2) is 54.6 Å². The van der Waals surface area contributed by atoms with Crippen LogP contribution in [0.2, 0.25) is 0 Å². The third-order valence-electron chi connectivity index (χ3n) is 3.67. The molecular formula is C16H10AlNO. The van der Waals surface area contributed by atoms with E-state index >= 15 is 0 Å². The van der Waals surface area contributed by atoms with Gasteiger partial charge in [-0.15, -0.1) is 0 Å². The topological polar surface area (TPSA) is 25.2 Å². The lowest BCUT2D eigenvalue weighted by Gasteiger charge is -2.06. The number of hydrogen-bond acceptors (Lipinski definition) is 1. The van der Waals surface area contributed by atoms with Gasteiger partial charge in [0.25, 0.3) is 0 Å². The normalized spacial score (nSPS) is 11.6. The number of para-hydroxylation sites is 1. The Labute approximate surface area is 118 Å². The van der Waals surface area contributed by atoms with Crippen molar-refractivity contribution < 1.29 is 5.11 Å². The Bertz CT molecular complexity index is 940. The molecule has 88 valence electrons. The van der Waals surface area contributed by atoms with Crippen LogP contribution in [-0.4, -0.2) is 25.2 Å². The summed E-state index contributed by atoms with van der Waals surface area (Å²) in [5.74, 6) is 0.339. The highest BCUT2D eigenvalue weighted by molar-refractivity contribution is 6.28. The van der Waals surface area contributed by atoms with Gasteiger partial charge >= 0.3 is 16.5 Å². The summed E-state index contributed by atoms with van der Waals surface area (Å²) in [4.78, 5) is 0. The van der Waals surface area contributed by atoms with Gasteiger partial charge in [-0.1, -0.05) is 42.5 Å². The van der Waals surface area contributed by atoms with Gasteiger partial charge in [-0.2, -0.15) is 0 Å². The lowest BCUT2D eigenvalue weighted by molar-refractivity contribution is 0.483. The maximum atomic E-state index is 10.4. The molecule has 3 heteroatoms. The van der Waals surface area contributed by atoms with Crippen molar-refractivity contribution in [2.75, 3.05) is 0 Å². The van der Waals surface area contributed by atoms with Crippen LogP contribution in [0.25, 0.3) is 32.6 Å². The highest BCUT2D eigenvalue weighted by Crippen LogP contribution is 2.38. The average molecular weight is 259 g/mol. The highest BCUT2D eigenvalue weighted by Gasteiger charge is 2.13. The average Bonchev–Trinajstić information content (AvgIpc) is 2.74. The number of nitrogens with zero attached hydrogens (tertiary/aromatic N) is 1. The van der Waals surface area contributed by atoms with Crippen molar-refractivity contribution in [3.63, 3.8) is 0 Å². The molecule has 0 aliphatic rings. The molecule has 0 saturated carbocycles. The summed E-state index contributed by atoms with van der Waals surface area (Å²) in [5.41, 5.74) is 2.16. The minimum atomic E-state index is 0.339. The quantitative estimate of drug-likeness (QED) is 0.480. The molecule has 0 spiro atoms. The number of phenolic OH excluding ortho intramolecular Hbond substituents is 1. The Morgan fingerprint density at radius 1 is 0.895 bits per heavy atom. The molecule has 3 aromatic carbocycles. The van der Waals surface area contributed by atoms with Gasteiger partial charge in [0.15, 0.2) is 0 Å². The van der Waals surface area contributed by atoms with E-state index in [4.69, 9.17) is 0 Å². The number of hydrogen-bond donors (Lipinski definition) is 1. The van der Waals surface area contributed by atoms with Crippen molar-refractivity contribution in [2.24, 2.45) is 0 Å². The zero-order chi connectivity index (χ0) is 13.0. The number of aromatic hydroxyl groups is 1. The van der Waals surface area contributed by atoms with Gasteiger partial charge in [0.1, 0.15) is 5.75 Å². The molecule has 1 aromatic heterocycles. The molecule has 2 radical (unpaired) electrons. The van der Waals surface area contributed by atoms with E-state index in [-0.39, 0.29) is 0 Å². The molecule has 0 atom stereocenters. The maximum absolute atomic E-state index is 10.4. The van der Waals surface area contributed by atoms with E-state index in [1.165, 1.54) is 0 Å². The molecule has 1 N–H and O–H groups in total. The fourth-order valence-corrected chi connectivity index (χ4v) is 3.34. The van der Waals surface area contributed by atoms with E-state index in [9.17, 15) is 5.11 Å². The molecule has 1 heterocycles. The second-order valence-electron chi connectivity index (χ2n) is 4.73. The first-order chi connectivity index (χ1) is 9.27. The van der Waals surface area contributed by atoms with Gasteiger partial charge in [-0.3, -0.25) is 0 Å². The molecular weight excluding hydrogens is 249 g/mol. The van der Waals surface area contributed by atoms with E-state index in [0.717, 1.165) is 32.6 Å². The van der Waals surface area contributed by atoms with Crippen molar-refractivity contribution in [1.29, 1.82) is 0 Å². The summed E-state index contributed by atoms with van der Waals surface area (Å²) in [6.07, 6.45) is 0. The van der Waals surface area contributed by atoms with Crippen LogP contribution in [0.4, 0.5) is 0 Å². The Kier molecular flexibility index (Phi) is 2.17. The summed E-state index contributed by atoms with van der Waals surface area (Å²) in [6, 6.07) is 18.1. The van der Waals surface area contributed by atoms with Crippen LogP contribution in [0.3, 0.4) is 0 Å². The number of benzene rings is 3. The van der Waals surface area contributed by atoms with Crippen LogP contribution in [0.5, 0.6) is 5.75 Å². The largest absolute Gasteiger partial charge is 0.507 e. The summed E-state index contributed by atoms with van der Waals surface area (Å²) >= 11 is 2.75. The molecule has 0 saturated heterocycles. The summed E-state index contributed by atoms with van der Waals surface area (Å²) in [7, 11) is 0.